The molecule has 0 fully saturated rings. The normalized spacial score (nSPS) is 19.5. The molecule has 0 radical (unpaired) electrons. The lowest BCUT2D eigenvalue weighted by Crippen LogP contribution is -2.21. The van der Waals surface area contributed by atoms with Crippen molar-refractivity contribution in [2.24, 2.45) is 0 Å². The van der Waals surface area contributed by atoms with E-state index in [0.717, 1.165) is 6.54 Å². The van der Waals surface area contributed by atoms with Crippen LogP contribution in [0, 0.1) is 6.92 Å². The largest absolute Gasteiger partial charge is 0.358 e. The summed E-state index contributed by atoms with van der Waals surface area (Å²) in [6.07, 6.45) is 3.86. The highest BCUT2D eigenvalue weighted by Crippen LogP contribution is 2.35. The van der Waals surface area contributed by atoms with Crippen molar-refractivity contribution in [1.82, 2.24) is 10.3 Å². The minimum atomic E-state index is 0.663. The van der Waals surface area contributed by atoms with Crippen molar-refractivity contribution in [1.29, 1.82) is 0 Å². The first kappa shape index (κ1) is 10.8. The first-order chi connectivity index (χ1) is 8.29. The highest BCUT2D eigenvalue weighted by Gasteiger charge is 2.23. The molecule has 17 heavy (non-hydrogen) atoms. The number of H-pyrrole nitrogens is 1. The molecule has 2 aromatic rings. The van der Waals surface area contributed by atoms with E-state index in [2.05, 4.69) is 35.4 Å². The third-order valence-corrected chi connectivity index (χ3v) is 3.93. The minimum Gasteiger partial charge on any atom is -0.358 e. The van der Waals surface area contributed by atoms with Gasteiger partial charge in [0.15, 0.2) is 0 Å². The fraction of sp³-hybridized carbons (Fsp3) is 0.467. The molecule has 2 nitrogen and oxygen atoms in total. The Morgan fingerprint density at radius 3 is 3.12 bits per heavy atom. The zero-order valence-electron chi connectivity index (χ0n) is 10.6. The first-order valence-electron chi connectivity index (χ1n) is 6.55. The SMILES string of the molecule is CNCC1CCCc2c1[nH]c1cc(C)ccc21. The molecule has 1 atom stereocenters. The molecule has 1 unspecified atom stereocenters. The van der Waals surface area contributed by atoms with Crippen LogP contribution in [0.15, 0.2) is 18.2 Å². The van der Waals surface area contributed by atoms with Crippen LogP contribution in [0.3, 0.4) is 0 Å². The van der Waals surface area contributed by atoms with Gasteiger partial charge in [-0.05, 0) is 50.4 Å². The van der Waals surface area contributed by atoms with Crippen molar-refractivity contribution in [3.63, 3.8) is 0 Å². The predicted molar refractivity (Wildman–Crippen MR) is 72.6 cm³/mol. The van der Waals surface area contributed by atoms with Gasteiger partial charge in [0.2, 0.25) is 0 Å². The van der Waals surface area contributed by atoms with Crippen LogP contribution in [0.25, 0.3) is 10.9 Å². The van der Waals surface area contributed by atoms with Crippen LogP contribution in [0.1, 0.15) is 35.6 Å². The van der Waals surface area contributed by atoms with Crippen molar-refractivity contribution in [3.05, 3.63) is 35.0 Å². The maximum absolute atomic E-state index is 3.65. The number of nitrogens with one attached hydrogen (secondary N) is 2. The summed E-state index contributed by atoms with van der Waals surface area (Å²) < 4.78 is 0. The Hall–Kier alpha value is -1.28. The molecule has 1 aliphatic rings. The number of aromatic amines is 1. The Labute approximate surface area is 102 Å². The molecule has 2 heteroatoms. The van der Waals surface area contributed by atoms with Gasteiger partial charge in [-0.1, -0.05) is 12.1 Å². The second-order valence-corrected chi connectivity index (χ2v) is 5.21. The average Bonchev–Trinajstić information content (AvgIpc) is 2.68. The second-order valence-electron chi connectivity index (χ2n) is 5.21. The van der Waals surface area contributed by atoms with E-state index in [1.807, 2.05) is 7.05 Å². The minimum absolute atomic E-state index is 0.663. The lowest BCUT2D eigenvalue weighted by molar-refractivity contribution is 0.522. The summed E-state index contributed by atoms with van der Waals surface area (Å²) in [5.74, 6) is 0.663. The Balaban J connectivity index is 2.14. The number of aromatic nitrogens is 1. The zero-order valence-corrected chi connectivity index (χ0v) is 10.6. The molecule has 2 N–H and O–H groups in total. The molecule has 90 valence electrons. The molecule has 1 heterocycles. The van der Waals surface area contributed by atoms with Gasteiger partial charge in [0.1, 0.15) is 0 Å². The number of hydrogen-bond donors (Lipinski definition) is 2. The number of benzene rings is 1. The predicted octanol–water partition coefficient (Wildman–Crippen LogP) is 3.12. The average molecular weight is 228 g/mol. The molecule has 1 aromatic heterocycles. The van der Waals surface area contributed by atoms with Gasteiger partial charge in [0.25, 0.3) is 0 Å². The molecule has 0 bridgehead atoms. The van der Waals surface area contributed by atoms with Crippen molar-refractivity contribution < 1.29 is 0 Å². The smallest absolute Gasteiger partial charge is 0.0461 e. The molecule has 1 aromatic carbocycles. The summed E-state index contributed by atoms with van der Waals surface area (Å²) in [6.45, 7) is 3.24. The van der Waals surface area contributed by atoms with Crippen LogP contribution in [0.4, 0.5) is 0 Å². The third kappa shape index (κ3) is 1.77. The second kappa shape index (κ2) is 4.19. The maximum Gasteiger partial charge on any atom is 0.0461 e. The Kier molecular flexibility index (Phi) is 2.67. The summed E-state index contributed by atoms with van der Waals surface area (Å²) in [4.78, 5) is 3.65. The number of likely N-dealkylation sites (N-methyl/N-ethyl adjacent to an activating group) is 1. The fourth-order valence-electron chi connectivity index (χ4n) is 3.13. The summed E-state index contributed by atoms with van der Waals surface area (Å²) in [7, 11) is 2.04. The lowest BCUT2D eigenvalue weighted by Gasteiger charge is -2.22. The number of aryl methyl sites for hydroxylation is 2. The van der Waals surface area contributed by atoms with Gasteiger partial charge < -0.3 is 10.3 Å². The molecule has 3 rings (SSSR count). The van der Waals surface area contributed by atoms with Crippen LogP contribution in [0.2, 0.25) is 0 Å². The fourth-order valence-corrected chi connectivity index (χ4v) is 3.13. The highest BCUT2D eigenvalue weighted by molar-refractivity contribution is 5.85. The topological polar surface area (TPSA) is 27.8 Å². The summed E-state index contributed by atoms with van der Waals surface area (Å²) >= 11 is 0. The van der Waals surface area contributed by atoms with Crippen molar-refractivity contribution in [2.75, 3.05) is 13.6 Å². The van der Waals surface area contributed by atoms with E-state index in [1.54, 1.807) is 5.56 Å². The van der Waals surface area contributed by atoms with Crippen LogP contribution >= 0.6 is 0 Å². The monoisotopic (exact) mass is 228 g/mol. The molecule has 0 saturated carbocycles. The zero-order chi connectivity index (χ0) is 11.8. The molecule has 0 spiro atoms. The van der Waals surface area contributed by atoms with Crippen LogP contribution < -0.4 is 5.32 Å². The van der Waals surface area contributed by atoms with E-state index in [1.165, 1.54) is 41.4 Å². The van der Waals surface area contributed by atoms with Gasteiger partial charge in [-0.15, -0.1) is 0 Å². The number of hydrogen-bond acceptors (Lipinski definition) is 1. The number of rotatable bonds is 2. The van der Waals surface area contributed by atoms with Gasteiger partial charge in [0.05, 0.1) is 0 Å². The van der Waals surface area contributed by atoms with Gasteiger partial charge in [-0.2, -0.15) is 0 Å². The molecule has 1 aliphatic carbocycles. The van der Waals surface area contributed by atoms with E-state index in [4.69, 9.17) is 0 Å². The maximum atomic E-state index is 3.65. The van der Waals surface area contributed by atoms with Crippen LogP contribution in [-0.2, 0) is 6.42 Å². The standard InChI is InChI=1S/C15H20N2/c1-10-6-7-12-13-5-3-4-11(9-16-2)15(13)17-14(12)8-10/h6-8,11,16-17H,3-5,9H2,1-2H3. The van der Waals surface area contributed by atoms with E-state index in [9.17, 15) is 0 Å². The van der Waals surface area contributed by atoms with Gasteiger partial charge >= 0.3 is 0 Å². The highest BCUT2D eigenvalue weighted by atomic mass is 14.8. The number of fused-ring (bicyclic) bond motifs is 3. The van der Waals surface area contributed by atoms with Crippen LogP contribution in [-0.4, -0.2) is 18.6 Å². The van der Waals surface area contributed by atoms with Crippen molar-refractivity contribution in [3.8, 4) is 0 Å². The molecule has 0 amide bonds. The van der Waals surface area contributed by atoms with E-state index in [0.29, 0.717) is 5.92 Å². The third-order valence-electron chi connectivity index (χ3n) is 3.93. The lowest BCUT2D eigenvalue weighted by atomic mass is 9.86. The Bertz CT molecular complexity index is 539. The van der Waals surface area contributed by atoms with E-state index < -0.39 is 0 Å². The molecule has 0 saturated heterocycles. The van der Waals surface area contributed by atoms with E-state index >= 15 is 0 Å². The first-order valence-corrected chi connectivity index (χ1v) is 6.55. The van der Waals surface area contributed by atoms with Gasteiger partial charge in [-0.3, -0.25) is 0 Å². The van der Waals surface area contributed by atoms with Gasteiger partial charge in [-0.25, -0.2) is 0 Å². The van der Waals surface area contributed by atoms with Gasteiger partial charge in [0, 0.05) is 29.1 Å². The van der Waals surface area contributed by atoms with Crippen LogP contribution in [0.5, 0.6) is 0 Å². The summed E-state index contributed by atoms with van der Waals surface area (Å²) in [5, 5.41) is 4.75. The summed E-state index contributed by atoms with van der Waals surface area (Å²) in [5.41, 5.74) is 5.69. The summed E-state index contributed by atoms with van der Waals surface area (Å²) in [6, 6.07) is 6.77. The van der Waals surface area contributed by atoms with Crippen molar-refractivity contribution >= 4 is 10.9 Å². The molecular formula is C15H20N2. The Morgan fingerprint density at radius 2 is 2.29 bits per heavy atom. The van der Waals surface area contributed by atoms with Crippen molar-refractivity contribution in [2.45, 2.75) is 32.1 Å². The quantitative estimate of drug-likeness (QED) is 0.812. The Morgan fingerprint density at radius 1 is 1.41 bits per heavy atom. The molecular weight excluding hydrogens is 208 g/mol. The van der Waals surface area contributed by atoms with E-state index in [-0.39, 0.29) is 0 Å². The molecule has 0 aliphatic heterocycles.